The third-order valence-corrected chi connectivity index (χ3v) is 6.32. The highest BCUT2D eigenvalue weighted by atomic mass is 35.5. The molecule has 0 N–H and O–H groups in total. The molecule has 1 aliphatic rings. The topological polar surface area (TPSA) is 76.1 Å². The maximum absolute atomic E-state index is 12.2. The van der Waals surface area contributed by atoms with E-state index in [1.807, 2.05) is 18.6 Å². The van der Waals surface area contributed by atoms with Gasteiger partial charge in [0, 0.05) is 49.4 Å². The first-order valence-electron chi connectivity index (χ1n) is 8.29. The summed E-state index contributed by atoms with van der Waals surface area (Å²) in [5, 5.41) is 1.10. The van der Waals surface area contributed by atoms with E-state index in [4.69, 9.17) is 11.6 Å². The fourth-order valence-electron chi connectivity index (χ4n) is 3.25. The second kappa shape index (κ2) is 8.21. The van der Waals surface area contributed by atoms with E-state index in [9.17, 15) is 8.42 Å². The summed E-state index contributed by atoms with van der Waals surface area (Å²) < 4.78 is 24.3. The van der Waals surface area contributed by atoms with Gasteiger partial charge in [-0.25, -0.2) is 18.4 Å². The first kappa shape index (κ1) is 19.5. The Labute approximate surface area is 163 Å². The van der Waals surface area contributed by atoms with Crippen LogP contribution in [0.1, 0.15) is 30.0 Å². The predicted molar refractivity (Wildman–Crippen MR) is 103 cm³/mol. The number of nitrogens with zero attached hydrogens (tertiary/aromatic N) is 4. The first-order valence-corrected chi connectivity index (χ1v) is 11.8. The highest BCUT2D eigenvalue weighted by Gasteiger charge is 2.27. The smallest absolute Gasteiger partial charge is 0.187 e. The molecule has 1 aliphatic heterocycles. The van der Waals surface area contributed by atoms with E-state index in [0.29, 0.717) is 10.7 Å². The molecule has 0 amide bonds. The van der Waals surface area contributed by atoms with Crippen LogP contribution in [0, 0.1) is 0 Å². The number of pyridine rings is 1. The number of hydrogen-bond acceptors (Lipinski definition) is 7. The number of rotatable bonds is 5. The molecule has 0 spiro atoms. The van der Waals surface area contributed by atoms with Gasteiger partial charge in [-0.05, 0) is 31.7 Å². The van der Waals surface area contributed by atoms with Crippen molar-refractivity contribution in [1.29, 1.82) is 0 Å². The molecule has 1 fully saturated rings. The van der Waals surface area contributed by atoms with Crippen LogP contribution in [0.5, 0.6) is 0 Å². The molecule has 0 saturated carbocycles. The van der Waals surface area contributed by atoms with Gasteiger partial charge in [0.2, 0.25) is 0 Å². The average Bonchev–Trinajstić information content (AvgIpc) is 2.62. The average molecular weight is 413 g/mol. The third-order valence-electron chi connectivity index (χ3n) is 4.41. The van der Waals surface area contributed by atoms with Gasteiger partial charge in [0.15, 0.2) is 15.0 Å². The van der Waals surface area contributed by atoms with Crippen LogP contribution in [0.15, 0.2) is 34.7 Å². The van der Waals surface area contributed by atoms with Crippen molar-refractivity contribution >= 4 is 33.2 Å². The van der Waals surface area contributed by atoms with Gasteiger partial charge >= 0.3 is 0 Å². The van der Waals surface area contributed by atoms with E-state index < -0.39 is 9.84 Å². The summed E-state index contributed by atoms with van der Waals surface area (Å²) in [6.45, 7) is 2.46. The summed E-state index contributed by atoms with van der Waals surface area (Å²) in [4.78, 5) is 15.5. The van der Waals surface area contributed by atoms with Crippen molar-refractivity contribution in [2.75, 3.05) is 25.6 Å². The van der Waals surface area contributed by atoms with Gasteiger partial charge in [0.05, 0.1) is 15.6 Å². The minimum Gasteiger partial charge on any atom is -0.298 e. The van der Waals surface area contributed by atoms with Crippen molar-refractivity contribution in [1.82, 2.24) is 19.9 Å². The van der Waals surface area contributed by atoms with Crippen LogP contribution in [-0.4, -0.2) is 53.9 Å². The van der Waals surface area contributed by atoms with Crippen molar-refractivity contribution < 1.29 is 8.42 Å². The Morgan fingerprint density at radius 1 is 1.27 bits per heavy atom. The number of hydrogen-bond donors (Lipinski definition) is 0. The number of halogens is 1. The molecule has 3 heterocycles. The summed E-state index contributed by atoms with van der Waals surface area (Å²) in [5.74, 6) is 0.0668. The third kappa shape index (κ3) is 4.73. The fourth-order valence-corrected chi connectivity index (χ4v) is 4.72. The fraction of sp³-hybridized carbons (Fsp3) is 0.471. The van der Waals surface area contributed by atoms with Crippen LogP contribution >= 0.6 is 23.4 Å². The molecule has 1 unspecified atom stereocenters. The van der Waals surface area contributed by atoms with Crippen LogP contribution in [-0.2, 0) is 16.4 Å². The van der Waals surface area contributed by atoms with E-state index in [-0.39, 0.29) is 10.8 Å². The van der Waals surface area contributed by atoms with Crippen LogP contribution in [0.4, 0.5) is 0 Å². The van der Waals surface area contributed by atoms with Gasteiger partial charge in [-0.3, -0.25) is 9.88 Å². The number of likely N-dealkylation sites (tertiary alicyclic amines) is 1. The van der Waals surface area contributed by atoms with Crippen LogP contribution in [0.2, 0.25) is 5.02 Å². The van der Waals surface area contributed by atoms with E-state index >= 15 is 0 Å². The molecule has 26 heavy (non-hydrogen) atoms. The van der Waals surface area contributed by atoms with E-state index in [0.717, 1.165) is 43.2 Å². The molecule has 0 aromatic carbocycles. The monoisotopic (exact) mass is 412 g/mol. The molecule has 0 radical (unpaired) electrons. The molecule has 1 atom stereocenters. The molecule has 140 valence electrons. The molecular formula is C17H21ClN4O2S2. The standard InChI is InChI=1S/C17H21ClN4O2S2/c1-25-17-20-7-12(8-21-17)10-22-5-3-4-13(11-22)16-15(26(2,23)24)6-14(18)9-19-16/h6-9,13H,3-5,10-11H2,1-2H3. The highest BCUT2D eigenvalue weighted by molar-refractivity contribution is 7.98. The van der Waals surface area contributed by atoms with Crippen LogP contribution in [0.25, 0.3) is 0 Å². The molecule has 0 aliphatic carbocycles. The van der Waals surface area contributed by atoms with Gasteiger partial charge in [0.25, 0.3) is 0 Å². The Balaban J connectivity index is 1.78. The SMILES string of the molecule is CSc1ncc(CN2CCCC(c3ncc(Cl)cc3S(C)(=O)=O)C2)cn1. The van der Waals surface area contributed by atoms with E-state index in [1.165, 1.54) is 30.3 Å². The van der Waals surface area contributed by atoms with Crippen molar-refractivity contribution in [2.24, 2.45) is 0 Å². The second-order valence-corrected chi connectivity index (χ2v) is 9.66. The lowest BCUT2D eigenvalue weighted by Gasteiger charge is -2.33. The summed E-state index contributed by atoms with van der Waals surface area (Å²) in [6, 6.07) is 1.51. The maximum atomic E-state index is 12.2. The highest BCUT2D eigenvalue weighted by Crippen LogP contribution is 2.31. The second-order valence-electron chi connectivity index (χ2n) is 6.46. The Morgan fingerprint density at radius 3 is 2.65 bits per heavy atom. The molecule has 1 saturated heterocycles. The Morgan fingerprint density at radius 2 is 2.00 bits per heavy atom. The zero-order valence-electron chi connectivity index (χ0n) is 14.7. The molecule has 6 nitrogen and oxygen atoms in total. The number of thioether (sulfide) groups is 1. The normalized spacial score (nSPS) is 18.8. The van der Waals surface area contributed by atoms with Gasteiger partial charge in [-0.15, -0.1) is 0 Å². The summed E-state index contributed by atoms with van der Waals surface area (Å²) in [6.07, 6.45) is 10.3. The largest absolute Gasteiger partial charge is 0.298 e. The van der Waals surface area contributed by atoms with Crippen LogP contribution in [0.3, 0.4) is 0 Å². The molecule has 2 aromatic heterocycles. The van der Waals surface area contributed by atoms with Gasteiger partial charge in [-0.1, -0.05) is 23.4 Å². The molecule has 9 heteroatoms. The zero-order chi connectivity index (χ0) is 18.7. The number of piperidine rings is 1. The lowest BCUT2D eigenvalue weighted by molar-refractivity contribution is 0.197. The van der Waals surface area contributed by atoms with Crippen molar-refractivity contribution in [3.8, 4) is 0 Å². The Bertz CT molecular complexity index is 875. The summed E-state index contributed by atoms with van der Waals surface area (Å²) in [5.41, 5.74) is 1.67. The lowest BCUT2D eigenvalue weighted by Crippen LogP contribution is -2.34. The number of aromatic nitrogens is 3. The lowest BCUT2D eigenvalue weighted by atomic mass is 9.94. The Hall–Kier alpha value is -1.22. The minimum atomic E-state index is -3.38. The van der Waals surface area contributed by atoms with Crippen molar-refractivity contribution in [3.63, 3.8) is 0 Å². The minimum absolute atomic E-state index is 0.0668. The zero-order valence-corrected chi connectivity index (χ0v) is 17.1. The summed E-state index contributed by atoms with van der Waals surface area (Å²) >= 11 is 7.48. The van der Waals surface area contributed by atoms with Crippen LogP contribution < -0.4 is 0 Å². The molecule has 2 aromatic rings. The molecular weight excluding hydrogens is 392 g/mol. The van der Waals surface area contributed by atoms with Gasteiger partial charge in [0.1, 0.15) is 0 Å². The quantitative estimate of drug-likeness (QED) is 0.551. The maximum Gasteiger partial charge on any atom is 0.187 e. The van der Waals surface area contributed by atoms with Crippen molar-refractivity contribution in [3.05, 3.63) is 40.9 Å². The molecule has 0 bridgehead atoms. The Kier molecular flexibility index (Phi) is 6.17. The summed E-state index contributed by atoms with van der Waals surface area (Å²) in [7, 11) is -3.38. The first-order chi connectivity index (χ1) is 12.4. The van der Waals surface area contributed by atoms with Gasteiger partial charge < -0.3 is 0 Å². The molecule has 3 rings (SSSR count). The predicted octanol–water partition coefficient (Wildman–Crippen LogP) is 3.03. The van der Waals surface area contributed by atoms with E-state index in [1.54, 1.807) is 0 Å². The van der Waals surface area contributed by atoms with Gasteiger partial charge in [-0.2, -0.15) is 0 Å². The van der Waals surface area contributed by atoms with Crippen molar-refractivity contribution in [2.45, 2.75) is 35.4 Å². The number of sulfone groups is 1. The van der Waals surface area contributed by atoms with E-state index in [2.05, 4.69) is 19.9 Å².